The molecule has 1 aromatic carbocycles. The van der Waals surface area contributed by atoms with Crippen LogP contribution in [0.5, 0.6) is 5.75 Å². The number of aryl methyl sites for hydroxylation is 2. The van der Waals surface area contributed by atoms with Gasteiger partial charge in [-0.3, -0.25) is 19.2 Å². The monoisotopic (exact) mass is 466 g/mol. The van der Waals surface area contributed by atoms with Crippen LogP contribution in [0.2, 0.25) is 0 Å². The van der Waals surface area contributed by atoms with Crippen LogP contribution in [0.25, 0.3) is 22.4 Å². The van der Waals surface area contributed by atoms with Crippen molar-refractivity contribution in [1.29, 1.82) is 0 Å². The van der Waals surface area contributed by atoms with Gasteiger partial charge in [-0.1, -0.05) is 19.4 Å². The zero-order valence-electron chi connectivity index (χ0n) is 20.3. The second-order valence-electron chi connectivity index (χ2n) is 9.09. The molecule has 1 saturated heterocycles. The van der Waals surface area contributed by atoms with Crippen molar-refractivity contribution >= 4 is 16.9 Å². The molecule has 3 heterocycles. The summed E-state index contributed by atoms with van der Waals surface area (Å²) >= 11 is 0. The summed E-state index contributed by atoms with van der Waals surface area (Å²) in [6.45, 7) is 6.64. The highest BCUT2D eigenvalue weighted by Gasteiger charge is 2.22. The summed E-state index contributed by atoms with van der Waals surface area (Å²) in [5, 5.41) is 4.52. The van der Waals surface area contributed by atoms with Crippen molar-refractivity contribution in [3.05, 3.63) is 39.8 Å². The van der Waals surface area contributed by atoms with Crippen molar-refractivity contribution in [3.8, 4) is 17.1 Å². The minimum Gasteiger partial charge on any atom is -0.493 e. The summed E-state index contributed by atoms with van der Waals surface area (Å²) in [7, 11) is 1.78. The number of hydrogen-bond acceptors (Lipinski definition) is 6. The number of aromatic amines is 1. The molecule has 3 N–H and O–H groups in total. The number of amides is 1. The number of carbonyl (C=O) groups is 1. The van der Waals surface area contributed by atoms with Crippen molar-refractivity contribution in [2.75, 3.05) is 26.2 Å². The van der Waals surface area contributed by atoms with E-state index >= 15 is 0 Å². The van der Waals surface area contributed by atoms with Gasteiger partial charge in [-0.2, -0.15) is 5.10 Å². The standard InChI is InChI=1S/C25H34N6O3/c1-4-6-19-22-23(30(3)29-19)25(33)28-24(27-22)18-14-17(7-8-20(18)34-5-2)13-16-9-11-31(12-10-16)15-21(26)32/h7-8,14,16H,4-6,9-13,15H2,1-3H3,(H2,26,32)(H,27,28,33). The topological polar surface area (TPSA) is 119 Å². The van der Waals surface area contributed by atoms with Gasteiger partial charge < -0.3 is 15.5 Å². The number of aromatic nitrogens is 4. The van der Waals surface area contributed by atoms with E-state index in [0.29, 0.717) is 41.7 Å². The molecule has 9 nitrogen and oxygen atoms in total. The van der Waals surface area contributed by atoms with Crippen LogP contribution in [0.4, 0.5) is 0 Å². The van der Waals surface area contributed by atoms with Crippen LogP contribution < -0.4 is 16.0 Å². The Morgan fingerprint density at radius 2 is 2.03 bits per heavy atom. The number of nitrogens with one attached hydrogen (secondary N) is 1. The van der Waals surface area contributed by atoms with Gasteiger partial charge in [0.15, 0.2) is 5.52 Å². The van der Waals surface area contributed by atoms with Gasteiger partial charge in [0, 0.05) is 7.05 Å². The first kappa shape index (κ1) is 23.9. The SMILES string of the molecule is CCCc1nn(C)c2c(=O)[nH]c(-c3cc(CC4CCN(CC(N)=O)CC4)ccc3OCC)nc12. The lowest BCUT2D eigenvalue weighted by molar-refractivity contribution is -0.119. The van der Waals surface area contributed by atoms with Crippen LogP contribution in [0, 0.1) is 5.92 Å². The van der Waals surface area contributed by atoms with Crippen LogP contribution in [-0.4, -0.2) is 56.8 Å². The average molecular weight is 467 g/mol. The molecule has 1 aliphatic rings. The number of rotatable bonds is 9. The van der Waals surface area contributed by atoms with Crippen LogP contribution in [0.1, 0.15) is 44.4 Å². The van der Waals surface area contributed by atoms with E-state index in [-0.39, 0.29) is 11.5 Å². The lowest BCUT2D eigenvalue weighted by Crippen LogP contribution is -2.39. The molecule has 1 aliphatic heterocycles. The normalized spacial score (nSPS) is 15.1. The number of nitrogens with two attached hydrogens (primary N) is 1. The van der Waals surface area contributed by atoms with E-state index in [1.165, 1.54) is 5.56 Å². The molecule has 0 atom stereocenters. The smallest absolute Gasteiger partial charge is 0.277 e. The summed E-state index contributed by atoms with van der Waals surface area (Å²) in [6.07, 6.45) is 4.65. The Morgan fingerprint density at radius 1 is 1.26 bits per heavy atom. The number of piperidine rings is 1. The maximum Gasteiger partial charge on any atom is 0.277 e. The van der Waals surface area contributed by atoms with E-state index in [1.54, 1.807) is 11.7 Å². The van der Waals surface area contributed by atoms with Gasteiger partial charge in [0.25, 0.3) is 5.56 Å². The third-order valence-electron chi connectivity index (χ3n) is 6.46. The predicted octanol–water partition coefficient (Wildman–Crippen LogP) is 2.41. The number of benzene rings is 1. The molecule has 0 spiro atoms. The zero-order chi connectivity index (χ0) is 24.2. The Balaban J connectivity index is 1.64. The molecule has 0 saturated carbocycles. The molecular formula is C25H34N6O3. The van der Waals surface area contributed by atoms with E-state index < -0.39 is 0 Å². The molecule has 0 bridgehead atoms. The maximum atomic E-state index is 13.0. The third kappa shape index (κ3) is 5.14. The summed E-state index contributed by atoms with van der Waals surface area (Å²) < 4.78 is 7.50. The van der Waals surface area contributed by atoms with Crippen molar-refractivity contribution < 1.29 is 9.53 Å². The number of hydrogen-bond donors (Lipinski definition) is 2. The Morgan fingerprint density at radius 3 is 2.71 bits per heavy atom. The number of fused-ring (bicyclic) bond motifs is 1. The summed E-state index contributed by atoms with van der Waals surface area (Å²) in [4.78, 5) is 34.1. The highest BCUT2D eigenvalue weighted by Crippen LogP contribution is 2.31. The van der Waals surface area contributed by atoms with Gasteiger partial charge >= 0.3 is 0 Å². The average Bonchev–Trinajstić information content (AvgIpc) is 3.12. The highest BCUT2D eigenvalue weighted by atomic mass is 16.5. The molecule has 9 heteroatoms. The molecule has 1 amide bonds. The van der Waals surface area contributed by atoms with E-state index in [0.717, 1.165) is 56.5 Å². The summed E-state index contributed by atoms with van der Waals surface area (Å²) in [5.41, 5.74) is 9.08. The lowest BCUT2D eigenvalue weighted by atomic mass is 9.89. The van der Waals surface area contributed by atoms with Crippen LogP contribution in [0.15, 0.2) is 23.0 Å². The van der Waals surface area contributed by atoms with Gasteiger partial charge in [0.2, 0.25) is 5.91 Å². The Bertz CT molecular complexity index is 1220. The van der Waals surface area contributed by atoms with E-state index in [4.69, 9.17) is 15.5 Å². The zero-order valence-corrected chi connectivity index (χ0v) is 20.3. The third-order valence-corrected chi connectivity index (χ3v) is 6.46. The van der Waals surface area contributed by atoms with Gasteiger partial charge in [0.1, 0.15) is 17.1 Å². The molecule has 2 aromatic heterocycles. The summed E-state index contributed by atoms with van der Waals surface area (Å²) in [6, 6.07) is 6.14. The van der Waals surface area contributed by atoms with Crippen molar-refractivity contribution in [3.63, 3.8) is 0 Å². The number of H-pyrrole nitrogens is 1. The fraction of sp³-hybridized carbons (Fsp3) is 0.520. The minimum absolute atomic E-state index is 0.202. The molecule has 1 fully saturated rings. The van der Waals surface area contributed by atoms with Gasteiger partial charge in [-0.15, -0.1) is 0 Å². The second kappa shape index (κ2) is 10.4. The first-order valence-electron chi connectivity index (χ1n) is 12.1. The van der Waals surface area contributed by atoms with E-state index in [1.807, 2.05) is 13.0 Å². The molecule has 182 valence electrons. The Hall–Kier alpha value is -3.20. The van der Waals surface area contributed by atoms with E-state index in [2.05, 4.69) is 34.0 Å². The molecule has 4 rings (SSSR count). The van der Waals surface area contributed by atoms with Gasteiger partial charge in [-0.05, 0) is 69.3 Å². The molecule has 0 radical (unpaired) electrons. The number of carbonyl (C=O) groups excluding carboxylic acids is 1. The van der Waals surface area contributed by atoms with Gasteiger partial charge in [-0.25, -0.2) is 4.98 Å². The largest absolute Gasteiger partial charge is 0.493 e. The van der Waals surface area contributed by atoms with E-state index in [9.17, 15) is 9.59 Å². The molecule has 0 unspecified atom stereocenters. The molecule has 0 aliphatic carbocycles. The number of primary amides is 1. The van der Waals surface area contributed by atoms with Crippen molar-refractivity contribution in [2.45, 2.75) is 46.0 Å². The molecule has 34 heavy (non-hydrogen) atoms. The first-order chi connectivity index (χ1) is 16.4. The van der Waals surface area contributed by atoms with Crippen molar-refractivity contribution in [1.82, 2.24) is 24.6 Å². The van der Waals surface area contributed by atoms with Gasteiger partial charge in [0.05, 0.1) is 24.4 Å². The lowest BCUT2D eigenvalue weighted by Gasteiger charge is -2.31. The fourth-order valence-corrected chi connectivity index (χ4v) is 4.85. The molecular weight excluding hydrogens is 432 g/mol. The van der Waals surface area contributed by atoms with Crippen LogP contribution in [0.3, 0.4) is 0 Å². The predicted molar refractivity (Wildman–Crippen MR) is 132 cm³/mol. The second-order valence-corrected chi connectivity index (χ2v) is 9.09. The molecule has 3 aromatic rings. The first-order valence-corrected chi connectivity index (χ1v) is 12.1. The summed E-state index contributed by atoms with van der Waals surface area (Å²) in [5.74, 6) is 1.46. The maximum absolute atomic E-state index is 13.0. The highest BCUT2D eigenvalue weighted by molar-refractivity contribution is 5.80. The fourth-order valence-electron chi connectivity index (χ4n) is 4.85. The quantitative estimate of drug-likeness (QED) is 0.500. The van der Waals surface area contributed by atoms with Crippen LogP contribution >= 0.6 is 0 Å². The van der Waals surface area contributed by atoms with Crippen LogP contribution in [-0.2, 0) is 24.7 Å². The van der Waals surface area contributed by atoms with Crippen molar-refractivity contribution in [2.24, 2.45) is 18.7 Å². The number of nitrogens with zero attached hydrogens (tertiary/aromatic N) is 4. The minimum atomic E-state index is -0.274. The number of ether oxygens (including phenoxy) is 1. The Labute approximate surface area is 199 Å². The Kier molecular flexibility index (Phi) is 7.31. The number of likely N-dealkylation sites (tertiary alicyclic amines) is 1.